The number of imide groups is 1. The fourth-order valence-electron chi connectivity index (χ4n) is 2.62. The minimum absolute atomic E-state index is 0.122. The Morgan fingerprint density at radius 1 is 0.938 bits per heavy atom. The van der Waals surface area contributed by atoms with Crippen LogP contribution >= 0.6 is 11.3 Å². The van der Waals surface area contributed by atoms with Crippen LogP contribution in [0, 0.1) is 6.92 Å². The number of carbonyl (C=O) groups is 4. The Morgan fingerprint density at radius 2 is 1.66 bits per heavy atom. The zero-order chi connectivity index (χ0) is 23.1. The summed E-state index contributed by atoms with van der Waals surface area (Å²) in [5, 5.41) is 9.24. The van der Waals surface area contributed by atoms with Gasteiger partial charge in [-0.1, -0.05) is 17.7 Å². The summed E-state index contributed by atoms with van der Waals surface area (Å²) in [6, 6.07) is 11.4. The second kappa shape index (κ2) is 10.3. The number of thiophene rings is 1. The van der Waals surface area contributed by atoms with E-state index in [1.165, 1.54) is 24.4 Å². The van der Waals surface area contributed by atoms with Gasteiger partial charge in [-0.15, -0.1) is 11.3 Å². The summed E-state index contributed by atoms with van der Waals surface area (Å²) in [6.45, 7) is 3.66. The highest BCUT2D eigenvalue weighted by Gasteiger charge is 2.19. The first-order valence-corrected chi connectivity index (χ1v) is 10.5. The summed E-state index contributed by atoms with van der Waals surface area (Å²) < 4.78 is 4.69. The first-order chi connectivity index (χ1) is 15.4. The molecule has 32 heavy (non-hydrogen) atoms. The van der Waals surface area contributed by atoms with Gasteiger partial charge in [-0.05, 0) is 49.6 Å². The van der Waals surface area contributed by atoms with E-state index < -0.39 is 17.9 Å². The highest BCUT2D eigenvalue weighted by molar-refractivity contribution is 7.14. The van der Waals surface area contributed by atoms with Gasteiger partial charge in [0.15, 0.2) is 0 Å². The maximum absolute atomic E-state index is 12.7. The molecule has 0 fully saturated rings. The van der Waals surface area contributed by atoms with E-state index >= 15 is 0 Å². The molecule has 3 aromatic rings. The van der Waals surface area contributed by atoms with Gasteiger partial charge in [0.05, 0.1) is 12.2 Å². The van der Waals surface area contributed by atoms with E-state index in [9.17, 15) is 19.2 Å². The van der Waals surface area contributed by atoms with Crippen molar-refractivity contribution in [3.05, 3.63) is 76.3 Å². The Morgan fingerprint density at radius 3 is 2.38 bits per heavy atom. The molecule has 0 unspecified atom stereocenters. The molecule has 0 saturated carbocycles. The minimum atomic E-state index is -0.871. The average Bonchev–Trinajstić information content (AvgIpc) is 3.22. The smallest absolute Gasteiger partial charge is 0.414 e. The molecular weight excluding hydrogens is 432 g/mol. The highest BCUT2D eigenvalue weighted by Crippen LogP contribution is 2.24. The lowest BCUT2D eigenvalue weighted by Gasteiger charge is -2.09. The Balaban J connectivity index is 1.69. The van der Waals surface area contributed by atoms with Gasteiger partial charge >= 0.3 is 6.09 Å². The van der Waals surface area contributed by atoms with Gasteiger partial charge in [0.2, 0.25) is 0 Å². The number of aromatic nitrogens is 1. The lowest BCUT2D eigenvalue weighted by molar-refractivity contribution is 0.0925. The predicted molar refractivity (Wildman–Crippen MR) is 120 cm³/mol. The number of benzene rings is 1. The maximum atomic E-state index is 12.7. The number of hydrogen-bond donors (Lipinski definition) is 3. The normalized spacial score (nSPS) is 10.2. The third-order valence-corrected chi connectivity index (χ3v) is 5.04. The van der Waals surface area contributed by atoms with Crippen molar-refractivity contribution in [2.45, 2.75) is 13.8 Å². The fourth-order valence-corrected chi connectivity index (χ4v) is 3.40. The Kier molecular flexibility index (Phi) is 7.29. The molecule has 3 N–H and O–H groups in total. The molecule has 0 aliphatic heterocycles. The van der Waals surface area contributed by atoms with E-state index in [0.717, 1.165) is 16.9 Å². The van der Waals surface area contributed by atoms with Crippen molar-refractivity contribution >= 4 is 46.0 Å². The van der Waals surface area contributed by atoms with Crippen molar-refractivity contribution in [2.24, 2.45) is 0 Å². The van der Waals surface area contributed by atoms with Gasteiger partial charge in [0, 0.05) is 17.3 Å². The van der Waals surface area contributed by atoms with E-state index in [2.05, 4.69) is 25.7 Å². The van der Waals surface area contributed by atoms with Crippen LogP contribution < -0.4 is 16.0 Å². The van der Waals surface area contributed by atoms with Gasteiger partial charge in [-0.25, -0.2) is 9.78 Å². The molecular formula is C22H20N4O5S. The van der Waals surface area contributed by atoms with Crippen LogP contribution in [-0.4, -0.2) is 35.4 Å². The molecule has 3 rings (SSSR count). The van der Waals surface area contributed by atoms with E-state index in [-0.39, 0.29) is 34.5 Å². The molecule has 0 bridgehead atoms. The van der Waals surface area contributed by atoms with Gasteiger partial charge < -0.3 is 15.4 Å². The van der Waals surface area contributed by atoms with Crippen molar-refractivity contribution in [1.29, 1.82) is 0 Å². The number of anilines is 2. The van der Waals surface area contributed by atoms with Gasteiger partial charge in [0.25, 0.3) is 17.7 Å². The lowest BCUT2D eigenvalue weighted by atomic mass is 10.1. The topological polar surface area (TPSA) is 126 Å². The second-order valence-corrected chi connectivity index (χ2v) is 7.46. The molecule has 2 heterocycles. The fraction of sp³-hybridized carbons (Fsp3) is 0.136. The van der Waals surface area contributed by atoms with Gasteiger partial charge in [0.1, 0.15) is 10.8 Å². The molecule has 10 heteroatoms. The van der Waals surface area contributed by atoms with Crippen molar-refractivity contribution in [2.75, 3.05) is 17.2 Å². The van der Waals surface area contributed by atoms with Crippen molar-refractivity contribution < 1.29 is 23.9 Å². The average molecular weight is 452 g/mol. The Labute approximate surface area is 187 Å². The van der Waals surface area contributed by atoms with E-state index in [4.69, 9.17) is 0 Å². The standard InChI is InChI=1S/C22H20N4O5S/c1-3-31-22(30)26-20(29)16-9-11-32-21(16)25-19(28)15-8-10-23-17(12-15)24-18(27)14-6-4-13(2)5-7-14/h4-12H,3H2,1-2H3,(H,25,28)(H,23,24,27)(H,26,29,30). The number of nitrogens with zero attached hydrogens (tertiary/aromatic N) is 1. The van der Waals surface area contributed by atoms with Crippen LogP contribution in [0.25, 0.3) is 0 Å². The predicted octanol–water partition coefficient (Wildman–Crippen LogP) is 3.84. The monoisotopic (exact) mass is 452 g/mol. The number of carbonyl (C=O) groups excluding carboxylic acids is 4. The Hall–Kier alpha value is -4.05. The molecule has 0 radical (unpaired) electrons. The number of alkyl carbamates (subject to hydrolysis) is 1. The highest BCUT2D eigenvalue weighted by atomic mass is 32.1. The number of nitrogens with one attached hydrogen (secondary N) is 3. The second-order valence-electron chi connectivity index (χ2n) is 6.54. The molecule has 9 nitrogen and oxygen atoms in total. The zero-order valence-electron chi connectivity index (χ0n) is 17.3. The number of pyridine rings is 1. The van der Waals surface area contributed by atoms with Crippen LogP contribution in [0.3, 0.4) is 0 Å². The van der Waals surface area contributed by atoms with E-state index in [1.54, 1.807) is 24.4 Å². The third kappa shape index (κ3) is 5.76. The maximum Gasteiger partial charge on any atom is 0.414 e. The number of amides is 4. The first kappa shape index (κ1) is 22.6. The first-order valence-electron chi connectivity index (χ1n) is 9.58. The van der Waals surface area contributed by atoms with Crippen LogP contribution in [0.5, 0.6) is 0 Å². The summed E-state index contributed by atoms with van der Waals surface area (Å²) in [7, 11) is 0. The third-order valence-electron chi connectivity index (χ3n) is 4.21. The number of ether oxygens (including phenoxy) is 1. The van der Waals surface area contributed by atoms with Crippen LogP contribution in [0.4, 0.5) is 15.6 Å². The van der Waals surface area contributed by atoms with Crippen molar-refractivity contribution in [1.82, 2.24) is 10.3 Å². The van der Waals surface area contributed by atoms with Crippen LogP contribution in [-0.2, 0) is 4.74 Å². The van der Waals surface area contributed by atoms with Crippen LogP contribution in [0.1, 0.15) is 43.6 Å². The molecule has 0 saturated heterocycles. The molecule has 1 aromatic carbocycles. The lowest BCUT2D eigenvalue weighted by Crippen LogP contribution is -2.31. The number of rotatable bonds is 6. The summed E-state index contributed by atoms with van der Waals surface area (Å²) in [5.41, 5.74) is 1.84. The SMILES string of the molecule is CCOC(=O)NC(=O)c1ccsc1NC(=O)c1ccnc(NC(=O)c2ccc(C)cc2)c1. The van der Waals surface area contributed by atoms with Crippen LogP contribution in [0.2, 0.25) is 0 Å². The van der Waals surface area contributed by atoms with Gasteiger partial charge in [-0.2, -0.15) is 0 Å². The molecule has 0 aliphatic rings. The van der Waals surface area contributed by atoms with E-state index in [0.29, 0.717) is 5.56 Å². The Bertz CT molecular complexity index is 1160. The molecule has 0 spiro atoms. The number of hydrogen-bond acceptors (Lipinski definition) is 7. The van der Waals surface area contributed by atoms with E-state index in [1.807, 2.05) is 19.1 Å². The van der Waals surface area contributed by atoms with Crippen LogP contribution in [0.15, 0.2) is 54.0 Å². The summed E-state index contributed by atoms with van der Waals surface area (Å²) in [4.78, 5) is 52.9. The molecule has 2 aromatic heterocycles. The largest absolute Gasteiger partial charge is 0.450 e. The molecule has 4 amide bonds. The summed E-state index contributed by atoms with van der Waals surface area (Å²) >= 11 is 1.12. The van der Waals surface area contributed by atoms with Gasteiger partial charge in [-0.3, -0.25) is 19.7 Å². The molecule has 0 atom stereocenters. The number of aryl methyl sites for hydroxylation is 1. The molecule has 0 aliphatic carbocycles. The molecule has 164 valence electrons. The quantitative estimate of drug-likeness (QED) is 0.522. The summed E-state index contributed by atoms with van der Waals surface area (Å²) in [6.07, 6.45) is 0.520. The minimum Gasteiger partial charge on any atom is -0.450 e. The summed E-state index contributed by atoms with van der Waals surface area (Å²) in [5.74, 6) is -1.35. The van der Waals surface area contributed by atoms with Crippen molar-refractivity contribution in [3.8, 4) is 0 Å². The van der Waals surface area contributed by atoms with Crippen molar-refractivity contribution in [3.63, 3.8) is 0 Å². The zero-order valence-corrected chi connectivity index (χ0v) is 18.1.